The minimum absolute atomic E-state index is 0.00404. The topological polar surface area (TPSA) is 61.4 Å². The van der Waals surface area contributed by atoms with E-state index in [0.29, 0.717) is 55.2 Å². The SMILES string of the molecule is O=C(CN1CCC(C(=O)NCCc2ccccc2F)CC1)Nc1cccc(Cl)c1. The van der Waals surface area contributed by atoms with E-state index in [1.54, 1.807) is 42.5 Å². The number of hydrogen-bond donors (Lipinski definition) is 2. The Morgan fingerprint density at radius 2 is 1.86 bits per heavy atom. The normalized spacial score (nSPS) is 15.1. The molecule has 0 bridgehead atoms. The van der Waals surface area contributed by atoms with Crippen LogP contribution in [-0.4, -0.2) is 42.9 Å². The first kappa shape index (κ1) is 21.3. The van der Waals surface area contributed by atoms with Crippen molar-refractivity contribution in [2.75, 3.05) is 31.5 Å². The van der Waals surface area contributed by atoms with E-state index in [1.807, 2.05) is 4.90 Å². The van der Waals surface area contributed by atoms with Gasteiger partial charge in [-0.05, 0) is 62.2 Å². The molecule has 2 aromatic carbocycles. The Morgan fingerprint density at radius 1 is 1.10 bits per heavy atom. The summed E-state index contributed by atoms with van der Waals surface area (Å²) in [5, 5.41) is 6.32. The number of anilines is 1. The summed E-state index contributed by atoms with van der Waals surface area (Å²) in [5.74, 6) is -0.404. The maximum atomic E-state index is 13.6. The average molecular weight is 418 g/mol. The van der Waals surface area contributed by atoms with E-state index >= 15 is 0 Å². The Bertz CT molecular complexity index is 853. The molecule has 2 amide bonds. The van der Waals surface area contributed by atoms with Crippen molar-refractivity contribution >= 4 is 29.1 Å². The Balaban J connectivity index is 1.36. The van der Waals surface area contributed by atoms with Crippen LogP contribution in [0.3, 0.4) is 0 Å². The summed E-state index contributed by atoms with van der Waals surface area (Å²) in [7, 11) is 0. The third-order valence-corrected chi connectivity index (χ3v) is 5.32. The molecule has 1 heterocycles. The van der Waals surface area contributed by atoms with Crippen LogP contribution in [0.25, 0.3) is 0 Å². The lowest BCUT2D eigenvalue weighted by molar-refractivity contribution is -0.126. The third kappa shape index (κ3) is 6.54. The zero-order valence-corrected chi connectivity index (χ0v) is 16.9. The highest BCUT2D eigenvalue weighted by Crippen LogP contribution is 2.18. The number of nitrogens with one attached hydrogen (secondary N) is 2. The number of amides is 2. The molecule has 2 aromatic rings. The number of hydrogen-bond acceptors (Lipinski definition) is 3. The Labute approximate surface area is 175 Å². The number of halogens is 2. The largest absolute Gasteiger partial charge is 0.356 e. The molecule has 0 spiro atoms. The van der Waals surface area contributed by atoms with Crippen LogP contribution in [0.5, 0.6) is 0 Å². The van der Waals surface area contributed by atoms with Gasteiger partial charge in [0.25, 0.3) is 0 Å². The van der Waals surface area contributed by atoms with Gasteiger partial charge in [-0.2, -0.15) is 0 Å². The molecule has 0 atom stereocenters. The standard InChI is InChI=1S/C22H25ClFN3O2/c23-18-5-3-6-19(14-18)26-21(28)15-27-12-9-17(10-13-27)22(29)25-11-8-16-4-1-2-7-20(16)24/h1-7,14,17H,8-13,15H2,(H,25,29)(H,26,28). The van der Waals surface area contributed by atoms with Crippen molar-refractivity contribution in [1.82, 2.24) is 10.2 Å². The van der Waals surface area contributed by atoms with E-state index in [-0.39, 0.29) is 30.1 Å². The number of benzene rings is 2. The lowest BCUT2D eigenvalue weighted by Gasteiger charge is -2.30. The zero-order chi connectivity index (χ0) is 20.6. The fourth-order valence-corrected chi connectivity index (χ4v) is 3.68. The van der Waals surface area contributed by atoms with Crippen molar-refractivity contribution in [2.24, 2.45) is 5.92 Å². The van der Waals surface area contributed by atoms with E-state index in [9.17, 15) is 14.0 Å². The molecule has 1 aliphatic rings. The maximum Gasteiger partial charge on any atom is 0.238 e. The van der Waals surface area contributed by atoms with Crippen LogP contribution in [0, 0.1) is 11.7 Å². The molecular formula is C22H25ClFN3O2. The zero-order valence-electron chi connectivity index (χ0n) is 16.2. The van der Waals surface area contributed by atoms with E-state index in [2.05, 4.69) is 10.6 Å². The van der Waals surface area contributed by atoms with Crippen LogP contribution < -0.4 is 10.6 Å². The number of carbonyl (C=O) groups excluding carboxylic acids is 2. The molecule has 3 rings (SSSR count). The molecule has 154 valence electrons. The average Bonchev–Trinajstić information content (AvgIpc) is 2.70. The number of nitrogens with zero attached hydrogens (tertiary/aromatic N) is 1. The van der Waals surface area contributed by atoms with Gasteiger partial charge in [0.2, 0.25) is 11.8 Å². The van der Waals surface area contributed by atoms with Gasteiger partial charge in [0.05, 0.1) is 6.54 Å². The maximum absolute atomic E-state index is 13.6. The highest BCUT2D eigenvalue weighted by atomic mass is 35.5. The molecular weight excluding hydrogens is 393 g/mol. The predicted octanol–water partition coefficient (Wildman–Crippen LogP) is 3.49. The molecule has 2 N–H and O–H groups in total. The van der Waals surface area contributed by atoms with Gasteiger partial charge in [-0.25, -0.2) is 4.39 Å². The Hall–Kier alpha value is -2.44. The van der Waals surface area contributed by atoms with E-state index in [1.165, 1.54) is 6.07 Å². The number of piperidine rings is 1. The first-order valence-electron chi connectivity index (χ1n) is 9.80. The second-order valence-electron chi connectivity index (χ2n) is 7.24. The van der Waals surface area contributed by atoms with Gasteiger partial charge in [-0.1, -0.05) is 35.9 Å². The van der Waals surface area contributed by atoms with Crippen molar-refractivity contribution in [3.63, 3.8) is 0 Å². The Kier molecular flexibility index (Phi) is 7.61. The molecule has 0 radical (unpaired) electrons. The van der Waals surface area contributed by atoms with Crippen LogP contribution in [-0.2, 0) is 16.0 Å². The highest BCUT2D eigenvalue weighted by Gasteiger charge is 2.25. The summed E-state index contributed by atoms with van der Waals surface area (Å²) in [4.78, 5) is 26.6. The first-order chi connectivity index (χ1) is 14.0. The van der Waals surface area contributed by atoms with Crippen LogP contribution in [0.4, 0.5) is 10.1 Å². The smallest absolute Gasteiger partial charge is 0.238 e. The van der Waals surface area contributed by atoms with Crippen molar-refractivity contribution in [3.05, 3.63) is 64.9 Å². The summed E-state index contributed by atoms with van der Waals surface area (Å²) >= 11 is 5.93. The number of carbonyl (C=O) groups is 2. The third-order valence-electron chi connectivity index (χ3n) is 5.09. The molecule has 1 saturated heterocycles. The summed E-state index contributed by atoms with van der Waals surface area (Å²) in [6.45, 7) is 2.08. The quantitative estimate of drug-likeness (QED) is 0.725. The van der Waals surface area contributed by atoms with Crippen LogP contribution in [0.15, 0.2) is 48.5 Å². The van der Waals surface area contributed by atoms with Gasteiger partial charge < -0.3 is 10.6 Å². The van der Waals surface area contributed by atoms with Gasteiger partial charge in [0.15, 0.2) is 0 Å². The monoisotopic (exact) mass is 417 g/mol. The second kappa shape index (κ2) is 10.4. The van der Waals surface area contributed by atoms with Crippen LogP contribution >= 0.6 is 11.6 Å². The fraction of sp³-hybridized carbons (Fsp3) is 0.364. The van der Waals surface area contributed by atoms with Crippen molar-refractivity contribution in [3.8, 4) is 0 Å². The molecule has 1 fully saturated rings. The van der Waals surface area contributed by atoms with Gasteiger partial charge in [0.1, 0.15) is 5.82 Å². The summed E-state index contributed by atoms with van der Waals surface area (Å²) < 4.78 is 13.6. The Morgan fingerprint density at radius 3 is 2.59 bits per heavy atom. The molecule has 5 nitrogen and oxygen atoms in total. The molecule has 0 saturated carbocycles. The van der Waals surface area contributed by atoms with Crippen molar-refractivity contribution in [2.45, 2.75) is 19.3 Å². The highest BCUT2D eigenvalue weighted by molar-refractivity contribution is 6.30. The van der Waals surface area contributed by atoms with E-state index in [4.69, 9.17) is 11.6 Å². The molecule has 1 aliphatic heterocycles. The van der Waals surface area contributed by atoms with Gasteiger partial charge in [-0.15, -0.1) is 0 Å². The van der Waals surface area contributed by atoms with E-state index in [0.717, 1.165) is 0 Å². The van der Waals surface area contributed by atoms with Crippen LogP contribution in [0.2, 0.25) is 5.02 Å². The molecule has 0 unspecified atom stereocenters. The number of likely N-dealkylation sites (tertiary alicyclic amines) is 1. The van der Waals surface area contributed by atoms with Gasteiger partial charge >= 0.3 is 0 Å². The first-order valence-corrected chi connectivity index (χ1v) is 10.2. The van der Waals surface area contributed by atoms with Crippen molar-refractivity contribution in [1.29, 1.82) is 0 Å². The number of rotatable bonds is 7. The molecule has 7 heteroatoms. The summed E-state index contributed by atoms with van der Waals surface area (Å²) in [6.07, 6.45) is 1.88. The van der Waals surface area contributed by atoms with E-state index < -0.39 is 0 Å². The second-order valence-corrected chi connectivity index (χ2v) is 7.68. The molecule has 0 aliphatic carbocycles. The van der Waals surface area contributed by atoms with Crippen LogP contribution in [0.1, 0.15) is 18.4 Å². The van der Waals surface area contributed by atoms with Gasteiger partial charge in [-0.3, -0.25) is 14.5 Å². The minimum atomic E-state index is -0.244. The van der Waals surface area contributed by atoms with Crippen molar-refractivity contribution < 1.29 is 14.0 Å². The minimum Gasteiger partial charge on any atom is -0.356 e. The predicted molar refractivity (Wildman–Crippen MR) is 112 cm³/mol. The lowest BCUT2D eigenvalue weighted by Crippen LogP contribution is -2.43. The lowest BCUT2D eigenvalue weighted by atomic mass is 9.96. The molecule has 29 heavy (non-hydrogen) atoms. The summed E-state index contributed by atoms with van der Waals surface area (Å²) in [5.41, 5.74) is 1.28. The summed E-state index contributed by atoms with van der Waals surface area (Å²) in [6, 6.07) is 13.6. The molecule has 0 aromatic heterocycles. The van der Waals surface area contributed by atoms with Gasteiger partial charge in [0, 0.05) is 23.2 Å². The fourth-order valence-electron chi connectivity index (χ4n) is 3.49.